The van der Waals surface area contributed by atoms with Gasteiger partial charge in [-0.15, -0.1) is 0 Å². The number of rotatable bonds is 12. The summed E-state index contributed by atoms with van der Waals surface area (Å²) < 4.78 is 4.78. The molecule has 2 unspecified atom stereocenters. The summed E-state index contributed by atoms with van der Waals surface area (Å²) in [6.07, 6.45) is 12.9. The van der Waals surface area contributed by atoms with E-state index in [9.17, 15) is 14.7 Å². The molecule has 2 atom stereocenters. The van der Waals surface area contributed by atoms with Gasteiger partial charge in [0, 0.05) is 6.42 Å². The van der Waals surface area contributed by atoms with Gasteiger partial charge >= 0.3 is 5.97 Å². The minimum absolute atomic E-state index is 0.0461. The zero-order valence-electron chi connectivity index (χ0n) is 14.3. The Morgan fingerprint density at radius 1 is 1.30 bits per heavy atom. The van der Waals surface area contributed by atoms with Crippen LogP contribution in [0.5, 0.6) is 0 Å². The maximum atomic E-state index is 11.7. The lowest BCUT2D eigenvalue weighted by Crippen LogP contribution is -2.39. The lowest BCUT2D eigenvalue weighted by atomic mass is 10.1. The smallest absolute Gasteiger partial charge is 0.328 e. The summed E-state index contributed by atoms with van der Waals surface area (Å²) in [5.74, 6) is -0.662. The van der Waals surface area contributed by atoms with Crippen LogP contribution in [0.2, 0.25) is 0 Å². The van der Waals surface area contributed by atoms with Crippen molar-refractivity contribution in [2.24, 2.45) is 0 Å². The van der Waals surface area contributed by atoms with E-state index in [2.05, 4.69) is 24.4 Å². The standard InChI is InChI=1S/C18H31NO4/c1-2-3-4-5-6-7-8-9-10-11-15(20)14-17(21)19-16-12-13-23-18(16)22/h7-8,15-16,20H,2-6,9-14H2,1H3,(H,19,21)/b8-7-. The van der Waals surface area contributed by atoms with E-state index in [4.69, 9.17) is 4.74 Å². The van der Waals surface area contributed by atoms with E-state index in [-0.39, 0.29) is 18.3 Å². The summed E-state index contributed by atoms with van der Waals surface area (Å²) in [6, 6.07) is -0.537. The molecule has 1 heterocycles. The molecule has 0 spiro atoms. The highest BCUT2D eigenvalue weighted by atomic mass is 16.5. The number of hydrogen-bond donors (Lipinski definition) is 2. The molecule has 23 heavy (non-hydrogen) atoms. The summed E-state index contributed by atoms with van der Waals surface area (Å²) in [5, 5.41) is 12.5. The van der Waals surface area contributed by atoms with Crippen molar-refractivity contribution in [3.63, 3.8) is 0 Å². The number of ether oxygens (including phenoxy) is 1. The third-order valence-electron chi connectivity index (χ3n) is 3.99. The monoisotopic (exact) mass is 325 g/mol. The zero-order chi connectivity index (χ0) is 16.9. The number of unbranched alkanes of at least 4 members (excludes halogenated alkanes) is 5. The molecule has 0 saturated carbocycles. The normalized spacial score (nSPS) is 19.0. The number of allylic oxidation sites excluding steroid dienone is 2. The quantitative estimate of drug-likeness (QED) is 0.329. The van der Waals surface area contributed by atoms with Crippen molar-refractivity contribution in [2.45, 2.75) is 83.3 Å². The van der Waals surface area contributed by atoms with Gasteiger partial charge in [-0.05, 0) is 32.1 Å². The van der Waals surface area contributed by atoms with Crippen LogP contribution in [-0.4, -0.2) is 35.7 Å². The van der Waals surface area contributed by atoms with Crippen LogP contribution in [0.15, 0.2) is 12.2 Å². The first kappa shape index (κ1) is 19.7. The van der Waals surface area contributed by atoms with Crippen molar-refractivity contribution in [3.8, 4) is 0 Å². The largest absolute Gasteiger partial charge is 0.464 e. The molecule has 1 rings (SSSR count). The molecule has 1 amide bonds. The van der Waals surface area contributed by atoms with Crippen LogP contribution in [0.1, 0.15) is 71.1 Å². The molecule has 0 bridgehead atoms. The topological polar surface area (TPSA) is 75.6 Å². The molecular weight excluding hydrogens is 294 g/mol. The molecule has 2 N–H and O–H groups in total. The fraction of sp³-hybridized carbons (Fsp3) is 0.778. The predicted molar refractivity (Wildman–Crippen MR) is 89.9 cm³/mol. The SMILES string of the molecule is CCCCCC/C=C\CCCC(O)CC(=O)NC1CCOC1=O. The van der Waals surface area contributed by atoms with E-state index < -0.39 is 12.1 Å². The molecule has 5 heteroatoms. The van der Waals surface area contributed by atoms with Gasteiger partial charge in [-0.3, -0.25) is 4.79 Å². The molecule has 0 aromatic carbocycles. The van der Waals surface area contributed by atoms with E-state index in [1.54, 1.807) is 0 Å². The van der Waals surface area contributed by atoms with Crippen molar-refractivity contribution >= 4 is 11.9 Å². The summed E-state index contributed by atoms with van der Waals surface area (Å²) in [4.78, 5) is 23.0. The summed E-state index contributed by atoms with van der Waals surface area (Å²) in [5.41, 5.74) is 0. The first-order valence-corrected chi connectivity index (χ1v) is 8.92. The van der Waals surface area contributed by atoms with Crippen molar-refractivity contribution in [1.29, 1.82) is 0 Å². The number of nitrogens with one attached hydrogen (secondary N) is 1. The van der Waals surface area contributed by atoms with Crippen molar-refractivity contribution in [2.75, 3.05) is 6.61 Å². The molecule has 0 aliphatic carbocycles. The van der Waals surface area contributed by atoms with Gasteiger partial charge < -0.3 is 15.2 Å². The fourth-order valence-corrected chi connectivity index (χ4v) is 2.59. The molecule has 0 aromatic rings. The van der Waals surface area contributed by atoms with Gasteiger partial charge in [-0.25, -0.2) is 4.79 Å². The zero-order valence-corrected chi connectivity index (χ0v) is 14.3. The minimum Gasteiger partial charge on any atom is -0.464 e. The van der Waals surface area contributed by atoms with Gasteiger partial charge in [0.1, 0.15) is 6.04 Å². The van der Waals surface area contributed by atoms with Crippen LogP contribution in [0, 0.1) is 0 Å². The second kappa shape index (κ2) is 12.1. The third-order valence-corrected chi connectivity index (χ3v) is 3.99. The average Bonchev–Trinajstić information content (AvgIpc) is 2.90. The van der Waals surface area contributed by atoms with E-state index in [0.717, 1.165) is 19.3 Å². The number of hydrogen-bond acceptors (Lipinski definition) is 4. The summed E-state index contributed by atoms with van der Waals surface area (Å²) >= 11 is 0. The highest BCUT2D eigenvalue weighted by Gasteiger charge is 2.28. The van der Waals surface area contributed by atoms with Crippen molar-refractivity contribution in [3.05, 3.63) is 12.2 Å². The van der Waals surface area contributed by atoms with Gasteiger partial charge in [-0.2, -0.15) is 0 Å². The second-order valence-electron chi connectivity index (χ2n) is 6.19. The van der Waals surface area contributed by atoms with Crippen LogP contribution in [0.25, 0.3) is 0 Å². The minimum atomic E-state index is -0.648. The first-order valence-electron chi connectivity index (χ1n) is 8.92. The Morgan fingerprint density at radius 2 is 2.04 bits per heavy atom. The maximum Gasteiger partial charge on any atom is 0.328 e. The number of cyclic esters (lactones) is 1. The highest BCUT2D eigenvalue weighted by Crippen LogP contribution is 2.09. The molecule has 1 aliphatic rings. The lowest BCUT2D eigenvalue weighted by Gasteiger charge is -2.12. The molecule has 5 nitrogen and oxygen atoms in total. The van der Waals surface area contributed by atoms with Crippen LogP contribution >= 0.6 is 0 Å². The fourth-order valence-electron chi connectivity index (χ4n) is 2.59. The van der Waals surface area contributed by atoms with E-state index in [1.807, 2.05) is 0 Å². The Bertz CT molecular complexity index is 381. The van der Waals surface area contributed by atoms with Crippen LogP contribution in [0.4, 0.5) is 0 Å². The summed E-state index contributed by atoms with van der Waals surface area (Å²) in [7, 11) is 0. The predicted octanol–water partition coefficient (Wildman–Crippen LogP) is 2.87. The molecule has 132 valence electrons. The Hall–Kier alpha value is -1.36. The molecule has 1 fully saturated rings. The first-order chi connectivity index (χ1) is 11.1. The Morgan fingerprint density at radius 3 is 2.70 bits per heavy atom. The lowest BCUT2D eigenvalue weighted by molar-refractivity contribution is -0.141. The Kier molecular flexibility index (Phi) is 10.4. The molecule has 0 aromatic heterocycles. The van der Waals surface area contributed by atoms with E-state index >= 15 is 0 Å². The van der Waals surface area contributed by atoms with Crippen LogP contribution in [0.3, 0.4) is 0 Å². The van der Waals surface area contributed by atoms with Gasteiger partial charge in [0.05, 0.1) is 19.1 Å². The number of aliphatic hydroxyl groups excluding tert-OH is 1. The second-order valence-corrected chi connectivity index (χ2v) is 6.19. The molecule has 1 aliphatic heterocycles. The van der Waals surface area contributed by atoms with Crippen LogP contribution < -0.4 is 5.32 Å². The van der Waals surface area contributed by atoms with E-state index in [1.165, 1.54) is 25.7 Å². The van der Waals surface area contributed by atoms with Crippen molar-refractivity contribution in [1.82, 2.24) is 5.32 Å². The van der Waals surface area contributed by atoms with Crippen LogP contribution in [-0.2, 0) is 14.3 Å². The number of carbonyl (C=O) groups is 2. The third kappa shape index (κ3) is 9.39. The number of esters is 1. The Balaban J connectivity index is 2.01. The molecule has 0 radical (unpaired) electrons. The summed E-state index contributed by atoms with van der Waals surface area (Å²) in [6.45, 7) is 2.57. The van der Waals surface area contributed by atoms with Gasteiger partial charge in [0.25, 0.3) is 0 Å². The van der Waals surface area contributed by atoms with Gasteiger partial charge in [-0.1, -0.05) is 38.3 Å². The molecular formula is C18H31NO4. The van der Waals surface area contributed by atoms with Crippen molar-refractivity contribution < 1.29 is 19.4 Å². The number of amides is 1. The van der Waals surface area contributed by atoms with E-state index in [0.29, 0.717) is 19.4 Å². The van der Waals surface area contributed by atoms with Gasteiger partial charge in [0.15, 0.2) is 0 Å². The Labute approximate surface area is 139 Å². The number of aliphatic hydroxyl groups is 1. The molecule has 1 saturated heterocycles. The highest BCUT2D eigenvalue weighted by molar-refractivity contribution is 5.85. The van der Waals surface area contributed by atoms with Gasteiger partial charge in [0.2, 0.25) is 5.91 Å². The maximum absolute atomic E-state index is 11.7. The average molecular weight is 325 g/mol. The number of carbonyl (C=O) groups excluding carboxylic acids is 2.